The third-order valence-corrected chi connectivity index (χ3v) is 5.84. The van der Waals surface area contributed by atoms with Crippen LogP contribution in [0, 0.1) is 5.41 Å². The number of amides is 1. The fraction of sp³-hybridized carbons (Fsp3) is 0.579. The van der Waals surface area contributed by atoms with Crippen molar-refractivity contribution < 1.29 is 19.4 Å². The molecule has 24 heavy (non-hydrogen) atoms. The standard InChI is InChI=1S/C19H25NO4/c1-14-19(9-12-24-13-10-19)8-11-20(14)17(21)7-4-15-2-5-16(6-3-15)18(22)23/h2-3,5-6,14H,4,7-13H2,1H3,(H,22,23). The van der Waals surface area contributed by atoms with Crippen LogP contribution >= 0.6 is 0 Å². The smallest absolute Gasteiger partial charge is 0.335 e. The van der Waals surface area contributed by atoms with E-state index in [0.29, 0.717) is 12.8 Å². The molecule has 0 bridgehead atoms. The van der Waals surface area contributed by atoms with E-state index >= 15 is 0 Å². The second-order valence-electron chi connectivity index (χ2n) is 6.99. The van der Waals surface area contributed by atoms with Crippen molar-refractivity contribution >= 4 is 11.9 Å². The predicted molar refractivity (Wildman–Crippen MR) is 90.0 cm³/mol. The number of carboxylic acids is 1. The van der Waals surface area contributed by atoms with E-state index < -0.39 is 5.97 Å². The second kappa shape index (κ2) is 6.93. The van der Waals surface area contributed by atoms with Crippen LogP contribution in [-0.2, 0) is 16.0 Å². The maximum atomic E-state index is 12.6. The average molecular weight is 331 g/mol. The Balaban J connectivity index is 1.56. The molecule has 130 valence electrons. The average Bonchev–Trinajstić information content (AvgIpc) is 2.90. The van der Waals surface area contributed by atoms with Crippen LogP contribution in [0.4, 0.5) is 0 Å². The number of carbonyl (C=O) groups excluding carboxylic acids is 1. The van der Waals surface area contributed by atoms with Crippen molar-refractivity contribution in [3.05, 3.63) is 35.4 Å². The summed E-state index contributed by atoms with van der Waals surface area (Å²) in [5, 5.41) is 8.92. The molecule has 2 fully saturated rings. The Labute approximate surface area is 142 Å². The summed E-state index contributed by atoms with van der Waals surface area (Å²) in [5.41, 5.74) is 1.53. The Bertz CT molecular complexity index is 604. The highest BCUT2D eigenvalue weighted by atomic mass is 16.5. The molecule has 5 nitrogen and oxygen atoms in total. The first-order chi connectivity index (χ1) is 11.5. The van der Waals surface area contributed by atoms with Crippen LogP contribution < -0.4 is 0 Å². The zero-order valence-corrected chi connectivity index (χ0v) is 14.2. The van der Waals surface area contributed by atoms with Crippen molar-refractivity contribution in [3.8, 4) is 0 Å². The number of hydrogen-bond acceptors (Lipinski definition) is 3. The summed E-state index contributed by atoms with van der Waals surface area (Å²) in [6.45, 7) is 4.64. The van der Waals surface area contributed by atoms with Gasteiger partial charge in [-0.25, -0.2) is 4.79 Å². The van der Waals surface area contributed by atoms with Crippen molar-refractivity contribution in [2.45, 2.75) is 45.1 Å². The highest BCUT2D eigenvalue weighted by Gasteiger charge is 2.46. The summed E-state index contributed by atoms with van der Waals surface area (Å²) in [4.78, 5) is 25.5. The predicted octanol–water partition coefficient (Wildman–Crippen LogP) is 2.74. The molecule has 0 aromatic heterocycles. The van der Waals surface area contributed by atoms with Gasteiger partial charge in [0.15, 0.2) is 0 Å². The van der Waals surface area contributed by atoms with E-state index in [1.807, 2.05) is 4.90 Å². The molecule has 1 N–H and O–H groups in total. The molecule has 2 aliphatic rings. The largest absolute Gasteiger partial charge is 0.478 e. The van der Waals surface area contributed by atoms with E-state index in [-0.39, 0.29) is 22.9 Å². The van der Waals surface area contributed by atoms with Gasteiger partial charge < -0.3 is 14.7 Å². The number of likely N-dealkylation sites (tertiary alicyclic amines) is 1. The van der Waals surface area contributed by atoms with Gasteiger partial charge in [0, 0.05) is 32.2 Å². The van der Waals surface area contributed by atoms with Crippen molar-refractivity contribution in [2.75, 3.05) is 19.8 Å². The minimum absolute atomic E-state index is 0.202. The van der Waals surface area contributed by atoms with E-state index in [0.717, 1.165) is 44.6 Å². The zero-order valence-electron chi connectivity index (χ0n) is 14.2. The van der Waals surface area contributed by atoms with Gasteiger partial charge in [0.05, 0.1) is 5.56 Å². The lowest BCUT2D eigenvalue weighted by Crippen LogP contribution is -2.43. The molecule has 0 aliphatic carbocycles. The first kappa shape index (κ1) is 17.0. The molecular formula is C19H25NO4. The van der Waals surface area contributed by atoms with E-state index in [4.69, 9.17) is 9.84 Å². The SMILES string of the molecule is CC1N(C(=O)CCc2ccc(C(=O)O)cc2)CCC12CCOCC2. The van der Waals surface area contributed by atoms with Crippen molar-refractivity contribution in [3.63, 3.8) is 0 Å². The van der Waals surface area contributed by atoms with Gasteiger partial charge in [0.2, 0.25) is 5.91 Å². The van der Waals surface area contributed by atoms with Crippen molar-refractivity contribution in [2.24, 2.45) is 5.41 Å². The number of aromatic carboxylic acids is 1. The van der Waals surface area contributed by atoms with Crippen molar-refractivity contribution in [1.29, 1.82) is 0 Å². The van der Waals surface area contributed by atoms with Crippen LogP contribution in [0.3, 0.4) is 0 Å². The molecule has 0 saturated carbocycles. The number of hydrogen-bond donors (Lipinski definition) is 1. The van der Waals surface area contributed by atoms with Gasteiger partial charge in [0.25, 0.3) is 0 Å². The Morgan fingerprint density at radius 3 is 2.50 bits per heavy atom. The highest BCUT2D eigenvalue weighted by molar-refractivity contribution is 5.87. The maximum absolute atomic E-state index is 12.6. The first-order valence-electron chi connectivity index (χ1n) is 8.71. The number of aryl methyl sites for hydroxylation is 1. The quantitative estimate of drug-likeness (QED) is 0.921. The third kappa shape index (κ3) is 3.31. The molecule has 1 atom stereocenters. The van der Waals surface area contributed by atoms with Gasteiger partial charge in [-0.15, -0.1) is 0 Å². The Morgan fingerprint density at radius 2 is 1.88 bits per heavy atom. The van der Waals surface area contributed by atoms with Gasteiger partial charge in [-0.1, -0.05) is 12.1 Å². The molecule has 2 heterocycles. The molecule has 1 amide bonds. The number of carbonyl (C=O) groups is 2. The molecule has 1 unspecified atom stereocenters. The Morgan fingerprint density at radius 1 is 1.21 bits per heavy atom. The number of benzene rings is 1. The van der Waals surface area contributed by atoms with Crippen LogP contribution in [0.25, 0.3) is 0 Å². The fourth-order valence-corrected chi connectivity index (χ4v) is 4.07. The molecule has 1 spiro atoms. The maximum Gasteiger partial charge on any atom is 0.335 e. The molecule has 1 aromatic rings. The van der Waals surface area contributed by atoms with Gasteiger partial charge in [0.1, 0.15) is 0 Å². The summed E-state index contributed by atoms with van der Waals surface area (Å²) < 4.78 is 5.49. The van der Waals surface area contributed by atoms with E-state index in [1.165, 1.54) is 0 Å². The van der Waals surface area contributed by atoms with Crippen LogP contribution in [-0.4, -0.2) is 47.7 Å². The lowest BCUT2D eigenvalue weighted by molar-refractivity contribution is -0.133. The van der Waals surface area contributed by atoms with E-state index in [1.54, 1.807) is 24.3 Å². The summed E-state index contributed by atoms with van der Waals surface area (Å²) in [6.07, 6.45) is 4.31. The lowest BCUT2D eigenvalue weighted by atomic mass is 9.74. The third-order valence-electron chi connectivity index (χ3n) is 5.84. The monoisotopic (exact) mass is 331 g/mol. The molecule has 2 aliphatic heterocycles. The van der Waals surface area contributed by atoms with Gasteiger partial charge in [-0.3, -0.25) is 4.79 Å². The summed E-state index contributed by atoms with van der Waals surface area (Å²) >= 11 is 0. The van der Waals surface area contributed by atoms with Gasteiger partial charge in [-0.05, 0) is 55.7 Å². The van der Waals surface area contributed by atoms with Crippen LogP contribution in [0.5, 0.6) is 0 Å². The number of ether oxygens (including phenoxy) is 1. The Kier molecular flexibility index (Phi) is 4.90. The molecule has 5 heteroatoms. The summed E-state index contributed by atoms with van der Waals surface area (Å²) in [6, 6.07) is 7.06. The molecule has 2 saturated heterocycles. The fourth-order valence-electron chi connectivity index (χ4n) is 4.07. The summed E-state index contributed by atoms with van der Waals surface area (Å²) in [5.74, 6) is -0.724. The van der Waals surface area contributed by atoms with Gasteiger partial charge in [-0.2, -0.15) is 0 Å². The highest BCUT2D eigenvalue weighted by Crippen LogP contribution is 2.44. The molecule has 1 aromatic carbocycles. The first-order valence-corrected chi connectivity index (χ1v) is 8.71. The number of nitrogens with zero attached hydrogens (tertiary/aromatic N) is 1. The lowest BCUT2D eigenvalue weighted by Gasteiger charge is -2.38. The topological polar surface area (TPSA) is 66.8 Å². The van der Waals surface area contributed by atoms with Gasteiger partial charge >= 0.3 is 5.97 Å². The normalized spacial score (nSPS) is 22.7. The van der Waals surface area contributed by atoms with Crippen LogP contribution in [0.2, 0.25) is 0 Å². The minimum atomic E-state index is -0.926. The molecule has 3 rings (SSSR count). The second-order valence-corrected chi connectivity index (χ2v) is 6.99. The minimum Gasteiger partial charge on any atom is -0.478 e. The molecule has 0 radical (unpaired) electrons. The van der Waals surface area contributed by atoms with E-state index in [2.05, 4.69) is 6.92 Å². The van der Waals surface area contributed by atoms with Crippen LogP contribution in [0.1, 0.15) is 48.5 Å². The Hall–Kier alpha value is -1.88. The summed E-state index contributed by atoms with van der Waals surface area (Å²) in [7, 11) is 0. The number of carboxylic acid groups (broad SMARTS) is 1. The van der Waals surface area contributed by atoms with Crippen LogP contribution in [0.15, 0.2) is 24.3 Å². The van der Waals surface area contributed by atoms with E-state index in [9.17, 15) is 9.59 Å². The molecular weight excluding hydrogens is 306 g/mol. The number of rotatable bonds is 4. The zero-order chi connectivity index (χ0) is 17.2. The van der Waals surface area contributed by atoms with Crippen molar-refractivity contribution in [1.82, 2.24) is 4.90 Å².